The normalized spacial score (nSPS) is 11.5. The zero-order valence-electron chi connectivity index (χ0n) is 15.2. The minimum atomic E-state index is -4.15. The Morgan fingerprint density at radius 3 is 2.46 bits per heavy atom. The predicted octanol–water partition coefficient (Wildman–Crippen LogP) is 2.59. The number of benzene rings is 2. The van der Waals surface area contributed by atoms with Crippen molar-refractivity contribution in [2.24, 2.45) is 0 Å². The van der Waals surface area contributed by atoms with Crippen molar-refractivity contribution in [2.75, 3.05) is 0 Å². The van der Waals surface area contributed by atoms with Crippen molar-refractivity contribution in [2.45, 2.75) is 25.7 Å². The Kier molecular flexibility index (Phi) is 4.99. The molecule has 1 aromatic heterocycles. The highest BCUT2D eigenvalue weighted by Crippen LogP contribution is 2.19. The summed E-state index contributed by atoms with van der Waals surface area (Å²) in [4.78, 5) is 12.4. The fourth-order valence-electron chi connectivity index (χ4n) is 2.64. The van der Waals surface area contributed by atoms with E-state index in [0.717, 1.165) is 16.8 Å². The quantitative estimate of drug-likeness (QED) is 0.719. The van der Waals surface area contributed by atoms with Gasteiger partial charge in [-0.05, 0) is 50.1 Å². The van der Waals surface area contributed by atoms with Gasteiger partial charge in [0.2, 0.25) is 0 Å². The number of amides is 1. The Bertz CT molecular complexity index is 1190. The summed E-state index contributed by atoms with van der Waals surface area (Å²) >= 11 is 0. The van der Waals surface area contributed by atoms with Crippen LogP contribution in [0.3, 0.4) is 0 Å². The van der Waals surface area contributed by atoms with Crippen molar-refractivity contribution in [3.05, 3.63) is 70.5 Å². The molecule has 146 valence electrons. The Labute approximate surface area is 160 Å². The molecule has 1 amide bonds. The Morgan fingerprint density at radius 1 is 1.07 bits per heavy atom. The van der Waals surface area contributed by atoms with Crippen LogP contribution in [0.2, 0.25) is 0 Å². The third-order valence-electron chi connectivity index (χ3n) is 4.11. The SMILES string of the molecule is Cc1ccc(C)c(S(=O)(=O)NC(=O)c2nnn(-c3ccc(F)cc3F)c2C)c1. The molecule has 3 rings (SSSR count). The Balaban J connectivity index is 1.94. The van der Waals surface area contributed by atoms with E-state index in [4.69, 9.17) is 0 Å². The molecule has 10 heteroatoms. The molecule has 0 fully saturated rings. The van der Waals surface area contributed by atoms with E-state index < -0.39 is 27.6 Å². The average Bonchev–Trinajstić information content (AvgIpc) is 2.98. The van der Waals surface area contributed by atoms with E-state index in [2.05, 4.69) is 10.3 Å². The van der Waals surface area contributed by atoms with Gasteiger partial charge in [0.05, 0.1) is 10.6 Å². The van der Waals surface area contributed by atoms with Gasteiger partial charge in [-0.1, -0.05) is 17.3 Å². The summed E-state index contributed by atoms with van der Waals surface area (Å²) in [6, 6.07) is 7.67. The van der Waals surface area contributed by atoms with Crippen molar-refractivity contribution >= 4 is 15.9 Å². The minimum Gasteiger partial charge on any atom is -0.266 e. The highest BCUT2D eigenvalue weighted by atomic mass is 32.2. The van der Waals surface area contributed by atoms with Crippen LogP contribution in [0.4, 0.5) is 8.78 Å². The van der Waals surface area contributed by atoms with Crippen molar-refractivity contribution in [3.8, 4) is 5.69 Å². The van der Waals surface area contributed by atoms with Crippen LogP contribution in [-0.2, 0) is 10.0 Å². The number of hydrogen-bond acceptors (Lipinski definition) is 5. The molecule has 3 aromatic rings. The highest BCUT2D eigenvalue weighted by Gasteiger charge is 2.25. The minimum absolute atomic E-state index is 0.0320. The smallest absolute Gasteiger partial charge is 0.266 e. The number of aryl methyl sites for hydroxylation is 2. The zero-order chi connectivity index (χ0) is 20.6. The second-order valence-corrected chi connectivity index (χ2v) is 7.89. The molecule has 0 bridgehead atoms. The topological polar surface area (TPSA) is 93.9 Å². The summed E-state index contributed by atoms with van der Waals surface area (Å²) in [5.41, 5.74) is 0.867. The number of rotatable bonds is 4. The lowest BCUT2D eigenvalue weighted by molar-refractivity contribution is 0.0976. The van der Waals surface area contributed by atoms with E-state index in [1.807, 2.05) is 4.72 Å². The molecule has 1 heterocycles. The van der Waals surface area contributed by atoms with Gasteiger partial charge in [-0.25, -0.2) is 26.6 Å². The fraction of sp³-hybridized carbons (Fsp3) is 0.167. The standard InChI is InChI=1S/C18H16F2N4O3S/c1-10-4-5-11(2)16(8-10)28(26,27)22-18(25)17-12(3)24(23-21-17)15-7-6-13(19)9-14(15)20/h4-9H,1-3H3,(H,22,25). The molecule has 0 radical (unpaired) electrons. The number of nitrogens with one attached hydrogen (secondary N) is 1. The first-order valence-electron chi connectivity index (χ1n) is 8.12. The lowest BCUT2D eigenvalue weighted by Gasteiger charge is -2.10. The third kappa shape index (κ3) is 3.63. The van der Waals surface area contributed by atoms with E-state index >= 15 is 0 Å². The van der Waals surface area contributed by atoms with E-state index in [0.29, 0.717) is 17.2 Å². The molecule has 0 atom stereocenters. The van der Waals surface area contributed by atoms with Crippen molar-refractivity contribution < 1.29 is 22.0 Å². The first-order chi connectivity index (χ1) is 13.1. The molecule has 0 aliphatic carbocycles. The highest BCUT2D eigenvalue weighted by molar-refractivity contribution is 7.90. The predicted molar refractivity (Wildman–Crippen MR) is 96.6 cm³/mol. The van der Waals surface area contributed by atoms with Crippen LogP contribution < -0.4 is 4.72 Å². The lowest BCUT2D eigenvalue weighted by Crippen LogP contribution is -2.32. The molecule has 0 spiro atoms. The summed E-state index contributed by atoms with van der Waals surface area (Å²) in [7, 11) is -4.15. The largest absolute Gasteiger partial charge is 0.287 e. The number of sulfonamides is 1. The number of carbonyl (C=O) groups is 1. The van der Waals surface area contributed by atoms with Crippen LogP contribution in [0.15, 0.2) is 41.3 Å². The van der Waals surface area contributed by atoms with Gasteiger partial charge in [0, 0.05) is 6.07 Å². The van der Waals surface area contributed by atoms with Gasteiger partial charge in [-0.15, -0.1) is 5.10 Å². The van der Waals surface area contributed by atoms with Gasteiger partial charge in [0.25, 0.3) is 15.9 Å². The molecule has 28 heavy (non-hydrogen) atoms. The van der Waals surface area contributed by atoms with Gasteiger partial charge in [-0.3, -0.25) is 4.79 Å². The van der Waals surface area contributed by atoms with E-state index in [-0.39, 0.29) is 22.0 Å². The van der Waals surface area contributed by atoms with Crippen LogP contribution in [0, 0.1) is 32.4 Å². The number of halogens is 2. The zero-order valence-corrected chi connectivity index (χ0v) is 16.0. The monoisotopic (exact) mass is 406 g/mol. The number of aromatic nitrogens is 3. The summed E-state index contributed by atoms with van der Waals surface area (Å²) in [6.45, 7) is 4.76. The van der Waals surface area contributed by atoms with Crippen LogP contribution >= 0.6 is 0 Å². The van der Waals surface area contributed by atoms with Gasteiger partial charge < -0.3 is 0 Å². The number of carbonyl (C=O) groups excluding carboxylic acids is 1. The molecular weight excluding hydrogens is 390 g/mol. The van der Waals surface area contributed by atoms with E-state index in [1.165, 1.54) is 13.0 Å². The van der Waals surface area contributed by atoms with Gasteiger partial charge in [0.15, 0.2) is 11.5 Å². The number of hydrogen-bond donors (Lipinski definition) is 1. The lowest BCUT2D eigenvalue weighted by atomic mass is 10.2. The molecule has 1 N–H and O–H groups in total. The Hall–Kier alpha value is -3.14. The first kappa shape index (κ1) is 19.6. The second-order valence-electron chi connectivity index (χ2n) is 6.23. The molecule has 0 saturated heterocycles. The van der Waals surface area contributed by atoms with Crippen LogP contribution in [0.1, 0.15) is 27.3 Å². The fourth-order valence-corrected chi connectivity index (χ4v) is 3.93. The van der Waals surface area contributed by atoms with Crippen molar-refractivity contribution in [1.29, 1.82) is 0 Å². The van der Waals surface area contributed by atoms with Gasteiger partial charge in [0.1, 0.15) is 11.5 Å². The molecule has 0 aliphatic heterocycles. The van der Waals surface area contributed by atoms with E-state index in [1.54, 1.807) is 26.0 Å². The van der Waals surface area contributed by atoms with Crippen LogP contribution in [-0.4, -0.2) is 29.3 Å². The molecule has 0 saturated carbocycles. The molecule has 0 aliphatic rings. The summed E-state index contributed by atoms with van der Waals surface area (Å²) in [6.07, 6.45) is 0. The maximum absolute atomic E-state index is 14.0. The van der Waals surface area contributed by atoms with Crippen molar-refractivity contribution in [1.82, 2.24) is 19.7 Å². The third-order valence-corrected chi connectivity index (χ3v) is 5.58. The number of nitrogens with zero attached hydrogens (tertiary/aromatic N) is 3. The summed E-state index contributed by atoms with van der Waals surface area (Å²) in [5, 5.41) is 7.33. The van der Waals surface area contributed by atoms with Gasteiger partial charge >= 0.3 is 0 Å². The molecule has 0 unspecified atom stereocenters. The first-order valence-corrected chi connectivity index (χ1v) is 9.60. The maximum atomic E-state index is 14.0. The van der Waals surface area contributed by atoms with Crippen LogP contribution in [0.25, 0.3) is 5.69 Å². The van der Waals surface area contributed by atoms with E-state index in [9.17, 15) is 22.0 Å². The molecule has 2 aromatic carbocycles. The Morgan fingerprint density at radius 2 is 1.79 bits per heavy atom. The van der Waals surface area contributed by atoms with Crippen LogP contribution in [0.5, 0.6) is 0 Å². The summed E-state index contributed by atoms with van der Waals surface area (Å²) in [5.74, 6) is -2.67. The maximum Gasteiger partial charge on any atom is 0.287 e. The summed E-state index contributed by atoms with van der Waals surface area (Å²) < 4.78 is 55.2. The second kappa shape index (κ2) is 7.12. The van der Waals surface area contributed by atoms with Gasteiger partial charge in [-0.2, -0.15) is 0 Å². The average molecular weight is 406 g/mol. The molecule has 7 nitrogen and oxygen atoms in total. The molecular formula is C18H16F2N4O3S. The van der Waals surface area contributed by atoms with Crippen molar-refractivity contribution in [3.63, 3.8) is 0 Å².